The predicted molar refractivity (Wildman–Crippen MR) is 82.4 cm³/mol. The summed E-state index contributed by atoms with van der Waals surface area (Å²) < 4.78 is 7.35. The third-order valence-electron chi connectivity index (χ3n) is 3.41. The molecule has 3 rings (SSSR count). The smallest absolute Gasteiger partial charge is 0.213 e. The molecule has 2 N–H and O–H groups in total. The molecule has 0 aliphatic carbocycles. The second-order valence-corrected chi connectivity index (χ2v) is 4.81. The molecule has 0 amide bonds. The van der Waals surface area contributed by atoms with E-state index >= 15 is 0 Å². The van der Waals surface area contributed by atoms with Gasteiger partial charge in [-0.15, -0.1) is 0 Å². The highest BCUT2D eigenvalue weighted by Crippen LogP contribution is 2.18. The van der Waals surface area contributed by atoms with Gasteiger partial charge >= 0.3 is 0 Å². The van der Waals surface area contributed by atoms with Gasteiger partial charge in [-0.3, -0.25) is 0 Å². The molecule has 0 radical (unpaired) electrons. The zero-order valence-electron chi connectivity index (χ0n) is 12.0. The van der Waals surface area contributed by atoms with Gasteiger partial charge in [0.05, 0.1) is 30.4 Å². The first-order valence-corrected chi connectivity index (χ1v) is 6.96. The van der Waals surface area contributed by atoms with E-state index in [1.807, 2.05) is 36.4 Å². The topological polar surface area (TPSA) is 66.0 Å². The number of ether oxygens (including phenoxy) is 1. The fraction of sp³-hybridized carbons (Fsp3) is 0.250. The van der Waals surface area contributed by atoms with Crippen LogP contribution < -0.4 is 10.5 Å². The molecule has 3 aromatic rings. The first-order chi connectivity index (χ1) is 10.3. The number of nitrogens with zero attached hydrogens (tertiary/aromatic N) is 3. The number of pyridine rings is 1. The SMILES string of the molecule is COc1cccc(Cn2c(CCN)nc3ccccc32)n1. The van der Waals surface area contributed by atoms with Gasteiger partial charge in [0.2, 0.25) is 5.88 Å². The molecule has 0 saturated carbocycles. The fourth-order valence-electron chi connectivity index (χ4n) is 2.44. The number of hydrogen-bond acceptors (Lipinski definition) is 4. The lowest BCUT2D eigenvalue weighted by atomic mass is 10.3. The Hall–Kier alpha value is -2.40. The quantitative estimate of drug-likeness (QED) is 0.777. The Morgan fingerprint density at radius 1 is 1.10 bits per heavy atom. The van der Waals surface area contributed by atoms with E-state index in [2.05, 4.69) is 20.6 Å². The summed E-state index contributed by atoms with van der Waals surface area (Å²) in [5.41, 5.74) is 8.73. The minimum atomic E-state index is 0.578. The predicted octanol–water partition coefficient (Wildman–Crippen LogP) is 1.99. The van der Waals surface area contributed by atoms with E-state index < -0.39 is 0 Å². The Morgan fingerprint density at radius 2 is 1.95 bits per heavy atom. The second kappa shape index (κ2) is 5.93. The number of benzene rings is 1. The van der Waals surface area contributed by atoms with Crippen molar-refractivity contribution in [3.63, 3.8) is 0 Å². The van der Waals surface area contributed by atoms with E-state index in [4.69, 9.17) is 10.5 Å². The number of hydrogen-bond donors (Lipinski definition) is 1. The first-order valence-electron chi connectivity index (χ1n) is 6.96. The van der Waals surface area contributed by atoms with E-state index in [9.17, 15) is 0 Å². The lowest BCUT2D eigenvalue weighted by Gasteiger charge is -2.09. The summed E-state index contributed by atoms with van der Waals surface area (Å²) in [6.07, 6.45) is 0.749. The minimum absolute atomic E-state index is 0.578. The van der Waals surface area contributed by atoms with Crippen molar-refractivity contribution in [2.24, 2.45) is 5.73 Å². The molecule has 5 nitrogen and oxygen atoms in total. The van der Waals surface area contributed by atoms with Gasteiger partial charge in [-0.05, 0) is 24.7 Å². The maximum Gasteiger partial charge on any atom is 0.213 e. The Labute approximate surface area is 123 Å². The lowest BCUT2D eigenvalue weighted by molar-refractivity contribution is 0.396. The second-order valence-electron chi connectivity index (χ2n) is 4.81. The van der Waals surface area contributed by atoms with Crippen molar-refractivity contribution >= 4 is 11.0 Å². The zero-order chi connectivity index (χ0) is 14.7. The van der Waals surface area contributed by atoms with Crippen molar-refractivity contribution in [2.45, 2.75) is 13.0 Å². The average molecular weight is 282 g/mol. The van der Waals surface area contributed by atoms with Gasteiger partial charge in [-0.2, -0.15) is 0 Å². The Bertz CT molecular complexity index is 751. The molecule has 0 spiro atoms. The van der Waals surface area contributed by atoms with E-state index in [0.717, 1.165) is 29.0 Å². The largest absolute Gasteiger partial charge is 0.481 e. The zero-order valence-corrected chi connectivity index (χ0v) is 12.0. The number of aromatic nitrogens is 3. The highest BCUT2D eigenvalue weighted by Gasteiger charge is 2.11. The molecule has 0 unspecified atom stereocenters. The van der Waals surface area contributed by atoms with Crippen LogP contribution in [0.25, 0.3) is 11.0 Å². The summed E-state index contributed by atoms with van der Waals surface area (Å²) in [4.78, 5) is 9.14. The number of methoxy groups -OCH3 is 1. The maximum absolute atomic E-state index is 5.70. The van der Waals surface area contributed by atoms with Crippen LogP contribution in [0.4, 0.5) is 0 Å². The Kier molecular flexibility index (Phi) is 3.83. The van der Waals surface area contributed by atoms with Crippen LogP contribution in [-0.2, 0) is 13.0 Å². The number of fused-ring (bicyclic) bond motifs is 1. The van der Waals surface area contributed by atoms with Crippen LogP contribution >= 0.6 is 0 Å². The number of nitrogens with two attached hydrogens (primary N) is 1. The summed E-state index contributed by atoms with van der Waals surface area (Å²) in [6.45, 7) is 1.24. The summed E-state index contributed by atoms with van der Waals surface area (Å²) in [7, 11) is 1.62. The first kappa shape index (κ1) is 13.6. The minimum Gasteiger partial charge on any atom is -0.481 e. The van der Waals surface area contributed by atoms with Crippen LogP contribution in [0.1, 0.15) is 11.5 Å². The van der Waals surface area contributed by atoms with Crippen molar-refractivity contribution in [3.05, 3.63) is 54.0 Å². The molecule has 5 heteroatoms. The summed E-state index contributed by atoms with van der Waals surface area (Å²) in [6, 6.07) is 13.9. The number of imidazole rings is 1. The Balaban J connectivity index is 2.03. The number of para-hydroxylation sites is 2. The normalized spacial score (nSPS) is 11.0. The molecule has 0 atom stereocenters. The van der Waals surface area contributed by atoms with Crippen LogP contribution in [-0.4, -0.2) is 28.2 Å². The van der Waals surface area contributed by atoms with Crippen molar-refractivity contribution < 1.29 is 4.74 Å². The van der Waals surface area contributed by atoms with Crippen LogP contribution in [0.3, 0.4) is 0 Å². The van der Waals surface area contributed by atoms with Gasteiger partial charge in [0.1, 0.15) is 5.82 Å². The fourth-order valence-corrected chi connectivity index (χ4v) is 2.44. The summed E-state index contributed by atoms with van der Waals surface area (Å²) in [5.74, 6) is 1.61. The molecule has 2 heterocycles. The third-order valence-corrected chi connectivity index (χ3v) is 3.41. The molecule has 0 aliphatic heterocycles. The highest BCUT2D eigenvalue weighted by atomic mass is 16.5. The van der Waals surface area contributed by atoms with Gasteiger partial charge in [0.25, 0.3) is 0 Å². The van der Waals surface area contributed by atoms with Crippen LogP contribution in [0.2, 0.25) is 0 Å². The summed E-state index contributed by atoms with van der Waals surface area (Å²) in [5, 5.41) is 0. The average Bonchev–Trinajstić information content (AvgIpc) is 2.86. The molecule has 0 fully saturated rings. The van der Waals surface area contributed by atoms with E-state index in [-0.39, 0.29) is 0 Å². The molecule has 0 bridgehead atoms. The maximum atomic E-state index is 5.70. The van der Waals surface area contributed by atoms with Crippen LogP contribution in [0, 0.1) is 0 Å². The molecular formula is C16H18N4O. The lowest BCUT2D eigenvalue weighted by Crippen LogP contribution is -2.11. The molecule has 1 aromatic carbocycles. The molecule has 108 valence electrons. The van der Waals surface area contributed by atoms with Gasteiger partial charge in [-0.1, -0.05) is 18.2 Å². The molecule has 2 aromatic heterocycles. The molecular weight excluding hydrogens is 264 g/mol. The van der Waals surface area contributed by atoms with Gasteiger partial charge in [0.15, 0.2) is 0 Å². The van der Waals surface area contributed by atoms with Gasteiger partial charge < -0.3 is 15.0 Å². The van der Waals surface area contributed by atoms with E-state index in [1.165, 1.54) is 0 Å². The van der Waals surface area contributed by atoms with Gasteiger partial charge in [0, 0.05) is 12.5 Å². The standard InChI is InChI=1S/C16H18N4O/c1-21-16-8-4-5-12(18-16)11-20-14-7-3-2-6-13(14)19-15(20)9-10-17/h2-8H,9-11,17H2,1H3. The molecule has 21 heavy (non-hydrogen) atoms. The Morgan fingerprint density at radius 3 is 2.76 bits per heavy atom. The third kappa shape index (κ3) is 2.73. The summed E-state index contributed by atoms with van der Waals surface area (Å²) >= 11 is 0. The van der Waals surface area contributed by atoms with E-state index in [1.54, 1.807) is 7.11 Å². The van der Waals surface area contributed by atoms with E-state index in [0.29, 0.717) is 19.0 Å². The van der Waals surface area contributed by atoms with Crippen LogP contribution in [0.5, 0.6) is 5.88 Å². The number of rotatable bonds is 5. The van der Waals surface area contributed by atoms with Crippen LogP contribution in [0.15, 0.2) is 42.5 Å². The van der Waals surface area contributed by atoms with Gasteiger partial charge in [-0.25, -0.2) is 9.97 Å². The van der Waals surface area contributed by atoms with Crippen molar-refractivity contribution in [2.75, 3.05) is 13.7 Å². The highest BCUT2D eigenvalue weighted by molar-refractivity contribution is 5.76. The van der Waals surface area contributed by atoms with Crippen molar-refractivity contribution in [1.29, 1.82) is 0 Å². The molecule has 0 saturated heterocycles. The molecule has 0 aliphatic rings. The van der Waals surface area contributed by atoms with Crippen molar-refractivity contribution in [3.8, 4) is 5.88 Å². The monoisotopic (exact) mass is 282 g/mol. The van der Waals surface area contributed by atoms with Crippen molar-refractivity contribution in [1.82, 2.24) is 14.5 Å².